The predicted molar refractivity (Wildman–Crippen MR) is 209 cm³/mol. The Kier molecular flexibility index (Phi) is 5.63. The molecule has 0 unspecified atom stereocenters. The summed E-state index contributed by atoms with van der Waals surface area (Å²) in [5.74, 6) is 0.669. The second-order valence-corrected chi connectivity index (χ2v) is 13.0. The highest BCUT2D eigenvalue weighted by Gasteiger charge is 2.19. The van der Waals surface area contributed by atoms with Crippen molar-refractivity contribution in [1.82, 2.24) is 19.1 Å². The zero-order valence-electron chi connectivity index (χ0n) is 27.0. The van der Waals surface area contributed by atoms with Gasteiger partial charge >= 0.3 is 0 Å². The maximum Gasteiger partial charge on any atom is 0.235 e. The van der Waals surface area contributed by atoms with Crippen molar-refractivity contribution < 1.29 is 0 Å². The molecule has 232 valence electrons. The zero-order chi connectivity index (χ0) is 32.8. The summed E-state index contributed by atoms with van der Waals surface area (Å²) in [6, 6.07) is 60.7. The Morgan fingerprint density at radius 1 is 0.360 bits per heavy atom. The molecule has 8 aromatic carbocycles. The van der Waals surface area contributed by atoms with Crippen molar-refractivity contribution in [3.8, 4) is 22.9 Å². The van der Waals surface area contributed by atoms with E-state index < -0.39 is 0 Å². The van der Waals surface area contributed by atoms with E-state index in [2.05, 4.69) is 167 Å². The standard InChI is InChI=1S/C46H28N4/c1-2-13-30(14-3-1)45-36-17-6-9-19-39(36)47-46(48-45)50-40-20-10-7-16-35(40)38-27-32-26-33(24-22-31(32)28-43(38)50)49-41-21-11-8-18-37(41)44-34-15-5-4-12-29(34)23-25-42(44)49/h1-28H. The molecular weight excluding hydrogens is 609 g/mol. The molecule has 4 heteroatoms. The van der Waals surface area contributed by atoms with Gasteiger partial charge in [0, 0.05) is 38.2 Å². The van der Waals surface area contributed by atoms with Gasteiger partial charge in [0.05, 0.1) is 33.3 Å². The fourth-order valence-electron chi connectivity index (χ4n) is 8.05. The van der Waals surface area contributed by atoms with Crippen molar-refractivity contribution >= 4 is 76.1 Å². The SMILES string of the molecule is c1ccc(-c2nc(-n3c4ccccc4c4cc5cc(-n6c7ccccc7c7c8ccccc8ccc76)ccc5cc43)nc3ccccc23)cc1. The molecule has 11 aromatic rings. The van der Waals surface area contributed by atoms with Crippen molar-refractivity contribution in [2.45, 2.75) is 0 Å². The first-order chi connectivity index (χ1) is 24.8. The third-order valence-corrected chi connectivity index (χ3v) is 10.3. The molecule has 0 fully saturated rings. The first kappa shape index (κ1) is 27.2. The van der Waals surface area contributed by atoms with Crippen LogP contribution in [0.4, 0.5) is 0 Å². The lowest BCUT2D eigenvalue weighted by atomic mass is 10.0. The van der Waals surface area contributed by atoms with Crippen LogP contribution in [0.15, 0.2) is 170 Å². The maximum atomic E-state index is 5.27. The summed E-state index contributed by atoms with van der Waals surface area (Å²) >= 11 is 0. The van der Waals surface area contributed by atoms with E-state index in [0.29, 0.717) is 5.95 Å². The molecule has 0 aliphatic rings. The minimum Gasteiger partial charge on any atom is -0.309 e. The highest BCUT2D eigenvalue weighted by atomic mass is 15.2. The van der Waals surface area contributed by atoms with Crippen molar-refractivity contribution in [3.63, 3.8) is 0 Å². The summed E-state index contributed by atoms with van der Waals surface area (Å²) in [6.45, 7) is 0. The molecule has 0 amide bonds. The summed E-state index contributed by atoms with van der Waals surface area (Å²) < 4.78 is 4.65. The molecule has 0 saturated carbocycles. The Morgan fingerprint density at radius 2 is 1.04 bits per heavy atom. The van der Waals surface area contributed by atoms with Crippen LogP contribution in [0.5, 0.6) is 0 Å². The smallest absolute Gasteiger partial charge is 0.235 e. The number of aromatic nitrogens is 4. The lowest BCUT2D eigenvalue weighted by Gasteiger charge is -2.12. The van der Waals surface area contributed by atoms with Gasteiger partial charge in [0.15, 0.2) is 0 Å². The van der Waals surface area contributed by atoms with E-state index in [1.54, 1.807) is 0 Å². The quantitative estimate of drug-likeness (QED) is 0.193. The minimum absolute atomic E-state index is 0.669. The summed E-state index contributed by atoms with van der Waals surface area (Å²) in [6.07, 6.45) is 0. The van der Waals surface area contributed by atoms with Gasteiger partial charge in [0.2, 0.25) is 5.95 Å². The van der Waals surface area contributed by atoms with Gasteiger partial charge in [-0.15, -0.1) is 0 Å². The van der Waals surface area contributed by atoms with Crippen molar-refractivity contribution in [1.29, 1.82) is 0 Å². The Labute approximate surface area is 287 Å². The van der Waals surface area contributed by atoms with Crippen LogP contribution in [-0.4, -0.2) is 19.1 Å². The first-order valence-electron chi connectivity index (χ1n) is 17.0. The molecular formula is C46H28N4. The summed E-state index contributed by atoms with van der Waals surface area (Å²) in [4.78, 5) is 10.4. The second kappa shape index (κ2) is 10.4. The van der Waals surface area contributed by atoms with E-state index in [4.69, 9.17) is 9.97 Å². The Bertz CT molecular complexity index is 3150. The molecule has 11 rings (SSSR count). The average molecular weight is 637 g/mol. The number of hydrogen-bond donors (Lipinski definition) is 0. The van der Waals surface area contributed by atoms with Crippen LogP contribution in [0.3, 0.4) is 0 Å². The van der Waals surface area contributed by atoms with Crippen LogP contribution in [0.25, 0.3) is 99.0 Å². The van der Waals surface area contributed by atoms with Crippen LogP contribution < -0.4 is 0 Å². The Balaban J connectivity index is 1.17. The van der Waals surface area contributed by atoms with Gasteiger partial charge in [-0.05, 0) is 70.1 Å². The van der Waals surface area contributed by atoms with Gasteiger partial charge in [-0.2, -0.15) is 0 Å². The van der Waals surface area contributed by atoms with E-state index in [9.17, 15) is 0 Å². The predicted octanol–water partition coefficient (Wildman–Crippen LogP) is 11.8. The van der Waals surface area contributed by atoms with Gasteiger partial charge in [-0.25, -0.2) is 9.97 Å². The molecule has 0 bridgehead atoms. The van der Waals surface area contributed by atoms with E-state index in [-0.39, 0.29) is 0 Å². The number of hydrogen-bond acceptors (Lipinski definition) is 2. The van der Waals surface area contributed by atoms with Gasteiger partial charge in [0.1, 0.15) is 0 Å². The molecule has 0 N–H and O–H groups in total. The summed E-state index contributed by atoms with van der Waals surface area (Å²) in [7, 11) is 0. The average Bonchev–Trinajstić information content (AvgIpc) is 3.69. The molecule has 3 heterocycles. The Morgan fingerprint density at radius 3 is 1.90 bits per heavy atom. The van der Waals surface area contributed by atoms with Crippen molar-refractivity contribution in [2.75, 3.05) is 0 Å². The molecule has 0 spiro atoms. The molecule has 0 aliphatic heterocycles. The third kappa shape index (κ3) is 3.87. The number of fused-ring (bicyclic) bond motifs is 10. The monoisotopic (exact) mass is 636 g/mol. The number of benzene rings is 8. The lowest BCUT2D eigenvalue weighted by Crippen LogP contribution is -2.03. The summed E-state index contributed by atoms with van der Waals surface area (Å²) in [5, 5.41) is 10.8. The third-order valence-electron chi connectivity index (χ3n) is 10.3. The van der Waals surface area contributed by atoms with Gasteiger partial charge in [-0.3, -0.25) is 4.57 Å². The van der Waals surface area contributed by atoms with E-state index in [0.717, 1.165) is 38.9 Å². The van der Waals surface area contributed by atoms with Crippen LogP contribution in [0.2, 0.25) is 0 Å². The maximum absolute atomic E-state index is 5.27. The minimum atomic E-state index is 0.669. The molecule has 50 heavy (non-hydrogen) atoms. The molecule has 4 nitrogen and oxygen atoms in total. The van der Waals surface area contributed by atoms with E-state index >= 15 is 0 Å². The molecule has 3 aromatic heterocycles. The molecule has 0 radical (unpaired) electrons. The highest BCUT2D eigenvalue weighted by molar-refractivity contribution is 6.21. The fourth-order valence-corrected chi connectivity index (χ4v) is 8.05. The number of nitrogens with zero attached hydrogens (tertiary/aromatic N) is 4. The van der Waals surface area contributed by atoms with Crippen LogP contribution in [0, 0.1) is 0 Å². The molecule has 0 aliphatic carbocycles. The lowest BCUT2D eigenvalue weighted by molar-refractivity contribution is 1.01. The fraction of sp³-hybridized carbons (Fsp3) is 0. The van der Waals surface area contributed by atoms with Gasteiger partial charge in [0.25, 0.3) is 0 Å². The van der Waals surface area contributed by atoms with Crippen molar-refractivity contribution in [3.05, 3.63) is 170 Å². The zero-order valence-corrected chi connectivity index (χ0v) is 27.0. The normalized spacial score (nSPS) is 12.0. The molecule has 0 atom stereocenters. The van der Waals surface area contributed by atoms with Crippen molar-refractivity contribution in [2.24, 2.45) is 0 Å². The van der Waals surface area contributed by atoms with Gasteiger partial charge < -0.3 is 4.57 Å². The van der Waals surface area contributed by atoms with Crippen LogP contribution in [-0.2, 0) is 0 Å². The molecule has 0 saturated heterocycles. The topological polar surface area (TPSA) is 35.6 Å². The highest BCUT2D eigenvalue weighted by Crippen LogP contribution is 2.39. The van der Waals surface area contributed by atoms with Crippen LogP contribution >= 0.6 is 0 Å². The largest absolute Gasteiger partial charge is 0.309 e. The van der Waals surface area contributed by atoms with E-state index in [1.807, 2.05) is 12.1 Å². The summed E-state index contributed by atoms with van der Waals surface area (Å²) in [5.41, 5.74) is 8.67. The Hall–Kier alpha value is -6.78. The van der Waals surface area contributed by atoms with Crippen LogP contribution in [0.1, 0.15) is 0 Å². The first-order valence-corrected chi connectivity index (χ1v) is 17.0. The van der Waals surface area contributed by atoms with E-state index in [1.165, 1.54) is 54.1 Å². The number of para-hydroxylation sites is 3. The number of rotatable bonds is 3. The second-order valence-electron chi connectivity index (χ2n) is 13.0. The van der Waals surface area contributed by atoms with Gasteiger partial charge in [-0.1, -0.05) is 121 Å².